The van der Waals surface area contributed by atoms with Gasteiger partial charge in [0.25, 0.3) is 11.8 Å². The molecule has 2 aliphatic heterocycles. The van der Waals surface area contributed by atoms with Crippen LogP contribution in [0.3, 0.4) is 0 Å². The topological polar surface area (TPSA) is 71.0 Å². The van der Waals surface area contributed by atoms with E-state index in [1.807, 2.05) is 35.2 Å². The van der Waals surface area contributed by atoms with E-state index in [2.05, 4.69) is 48.6 Å². The molecule has 0 spiro atoms. The van der Waals surface area contributed by atoms with Gasteiger partial charge in [0.1, 0.15) is 0 Å². The van der Waals surface area contributed by atoms with Gasteiger partial charge in [-0.2, -0.15) is 0 Å². The molecule has 2 aliphatic rings. The van der Waals surface area contributed by atoms with Gasteiger partial charge in [-0.1, -0.05) is 61.5 Å². The first kappa shape index (κ1) is 25.0. The van der Waals surface area contributed by atoms with E-state index in [1.165, 1.54) is 5.56 Å². The molecule has 0 saturated carbocycles. The van der Waals surface area contributed by atoms with Crippen molar-refractivity contribution >= 4 is 17.5 Å². The molecule has 6 heteroatoms. The Morgan fingerprint density at radius 3 is 2.43 bits per heavy atom. The van der Waals surface area contributed by atoms with Crippen molar-refractivity contribution in [2.75, 3.05) is 19.6 Å². The second kappa shape index (κ2) is 11.1. The van der Waals surface area contributed by atoms with E-state index < -0.39 is 5.60 Å². The molecule has 0 bridgehead atoms. The molecule has 1 fully saturated rings. The predicted octanol–water partition coefficient (Wildman–Crippen LogP) is 4.83. The number of carbonyl (C=O) groups excluding carboxylic acids is 2. The number of carbonyl (C=O) groups is 2. The molecule has 0 radical (unpaired) electrons. The normalized spacial score (nSPS) is 20.5. The Morgan fingerprint density at radius 2 is 1.77 bits per heavy atom. The molecule has 1 N–H and O–H groups in total. The van der Waals surface area contributed by atoms with E-state index in [9.17, 15) is 9.59 Å². The third kappa shape index (κ3) is 6.30. The lowest BCUT2D eigenvalue weighted by Crippen LogP contribution is -2.45. The molecule has 2 heterocycles. The Morgan fingerprint density at radius 1 is 1.09 bits per heavy atom. The van der Waals surface area contributed by atoms with Crippen molar-refractivity contribution in [3.63, 3.8) is 0 Å². The summed E-state index contributed by atoms with van der Waals surface area (Å²) in [4.78, 5) is 33.2. The standard InChI is InChI=1S/C29H37N3O3/c1-21(2)13-16-30-28(34)29(3)20-26(31-35-29)24-9-11-25(12-10-24)27(33)32-17-14-23(15-18-32)19-22-7-5-4-6-8-22/h4-12,21,23H,13-20H2,1-3H3,(H,30,34). The van der Waals surface area contributed by atoms with Crippen LogP contribution >= 0.6 is 0 Å². The first-order valence-corrected chi connectivity index (χ1v) is 12.8. The molecule has 2 aromatic carbocycles. The summed E-state index contributed by atoms with van der Waals surface area (Å²) in [7, 11) is 0. The highest BCUT2D eigenvalue weighted by Crippen LogP contribution is 2.28. The fraction of sp³-hybridized carbons (Fsp3) is 0.483. The summed E-state index contributed by atoms with van der Waals surface area (Å²) in [6, 6.07) is 18.1. The molecule has 35 heavy (non-hydrogen) atoms. The minimum atomic E-state index is -0.995. The van der Waals surface area contributed by atoms with Crippen LogP contribution in [0.15, 0.2) is 59.8 Å². The fourth-order valence-electron chi connectivity index (χ4n) is 4.75. The van der Waals surface area contributed by atoms with Gasteiger partial charge >= 0.3 is 0 Å². The van der Waals surface area contributed by atoms with Crippen LogP contribution in [0, 0.1) is 11.8 Å². The van der Waals surface area contributed by atoms with Crippen LogP contribution < -0.4 is 5.32 Å². The molecule has 1 saturated heterocycles. The summed E-state index contributed by atoms with van der Waals surface area (Å²) >= 11 is 0. The molecule has 1 atom stereocenters. The van der Waals surface area contributed by atoms with Gasteiger partial charge in [0, 0.05) is 31.6 Å². The van der Waals surface area contributed by atoms with Gasteiger partial charge in [-0.15, -0.1) is 0 Å². The van der Waals surface area contributed by atoms with E-state index in [1.54, 1.807) is 6.92 Å². The average Bonchev–Trinajstić information content (AvgIpc) is 3.28. The fourth-order valence-corrected chi connectivity index (χ4v) is 4.75. The minimum absolute atomic E-state index is 0.0775. The van der Waals surface area contributed by atoms with Crippen LogP contribution in [0.25, 0.3) is 0 Å². The summed E-state index contributed by atoms with van der Waals surface area (Å²) in [5, 5.41) is 7.15. The smallest absolute Gasteiger partial charge is 0.267 e. The third-order valence-corrected chi connectivity index (χ3v) is 7.08. The van der Waals surface area contributed by atoms with E-state index in [-0.39, 0.29) is 11.8 Å². The second-order valence-corrected chi connectivity index (χ2v) is 10.5. The monoisotopic (exact) mass is 475 g/mol. The van der Waals surface area contributed by atoms with Crippen molar-refractivity contribution < 1.29 is 14.4 Å². The number of rotatable bonds is 8. The lowest BCUT2D eigenvalue weighted by molar-refractivity contribution is -0.141. The molecule has 2 amide bonds. The molecule has 6 nitrogen and oxygen atoms in total. The van der Waals surface area contributed by atoms with Crippen LogP contribution in [0.1, 0.15) is 67.9 Å². The number of likely N-dealkylation sites (tertiary alicyclic amines) is 1. The highest BCUT2D eigenvalue weighted by molar-refractivity contribution is 6.06. The van der Waals surface area contributed by atoms with Crippen LogP contribution in [0.2, 0.25) is 0 Å². The number of hydrogen-bond donors (Lipinski definition) is 1. The van der Waals surface area contributed by atoms with Gasteiger partial charge in [0.2, 0.25) is 5.60 Å². The third-order valence-electron chi connectivity index (χ3n) is 7.08. The molecular formula is C29H37N3O3. The lowest BCUT2D eigenvalue weighted by Gasteiger charge is -2.32. The van der Waals surface area contributed by atoms with Gasteiger partial charge in [-0.3, -0.25) is 9.59 Å². The Hall–Kier alpha value is -3.15. The number of oxime groups is 1. The van der Waals surface area contributed by atoms with Gasteiger partial charge in [-0.05, 0) is 67.7 Å². The molecular weight excluding hydrogens is 438 g/mol. The van der Waals surface area contributed by atoms with Crippen LogP contribution in [-0.2, 0) is 16.1 Å². The molecule has 4 rings (SSSR count). The summed E-state index contributed by atoms with van der Waals surface area (Å²) in [6.45, 7) is 8.25. The maximum atomic E-state index is 13.1. The van der Waals surface area contributed by atoms with Gasteiger partial charge < -0.3 is 15.1 Å². The van der Waals surface area contributed by atoms with Crippen molar-refractivity contribution in [2.24, 2.45) is 17.0 Å². The number of amides is 2. The molecule has 186 valence electrons. The summed E-state index contributed by atoms with van der Waals surface area (Å²) < 4.78 is 0. The Bertz CT molecular complexity index is 1040. The summed E-state index contributed by atoms with van der Waals surface area (Å²) in [6.07, 6.45) is 4.48. The van der Waals surface area contributed by atoms with E-state index in [0.29, 0.717) is 30.4 Å². The highest BCUT2D eigenvalue weighted by Gasteiger charge is 2.42. The van der Waals surface area contributed by atoms with Crippen molar-refractivity contribution in [3.05, 3.63) is 71.3 Å². The SMILES string of the molecule is CC(C)CCNC(=O)C1(C)CC(c2ccc(C(=O)N3CCC(Cc4ccccc4)CC3)cc2)=NO1. The Kier molecular flexibility index (Phi) is 7.89. The molecule has 0 aromatic heterocycles. The van der Waals surface area contributed by atoms with E-state index >= 15 is 0 Å². The van der Waals surface area contributed by atoms with E-state index in [4.69, 9.17) is 4.84 Å². The van der Waals surface area contributed by atoms with Crippen molar-refractivity contribution in [3.8, 4) is 0 Å². The van der Waals surface area contributed by atoms with Gasteiger partial charge in [-0.25, -0.2) is 0 Å². The zero-order chi connectivity index (χ0) is 24.8. The minimum Gasteiger partial charge on any atom is -0.379 e. The quantitative estimate of drug-likeness (QED) is 0.595. The maximum Gasteiger partial charge on any atom is 0.267 e. The van der Waals surface area contributed by atoms with Crippen LogP contribution in [0.5, 0.6) is 0 Å². The van der Waals surface area contributed by atoms with E-state index in [0.717, 1.165) is 50.0 Å². The molecule has 1 unspecified atom stereocenters. The van der Waals surface area contributed by atoms with Crippen LogP contribution in [-0.4, -0.2) is 47.7 Å². The number of benzene rings is 2. The van der Waals surface area contributed by atoms with Crippen molar-refractivity contribution in [2.45, 2.75) is 58.5 Å². The Balaban J connectivity index is 1.28. The lowest BCUT2D eigenvalue weighted by atomic mass is 9.90. The zero-order valence-corrected chi connectivity index (χ0v) is 21.1. The van der Waals surface area contributed by atoms with Crippen molar-refractivity contribution in [1.29, 1.82) is 0 Å². The summed E-state index contributed by atoms with van der Waals surface area (Å²) in [5.74, 6) is 1.09. The maximum absolute atomic E-state index is 13.1. The number of hydrogen-bond acceptors (Lipinski definition) is 4. The average molecular weight is 476 g/mol. The first-order chi connectivity index (χ1) is 16.8. The van der Waals surface area contributed by atoms with Gasteiger partial charge in [0.15, 0.2) is 0 Å². The molecule has 0 aliphatic carbocycles. The number of nitrogens with one attached hydrogen (secondary N) is 1. The first-order valence-electron chi connectivity index (χ1n) is 12.8. The summed E-state index contributed by atoms with van der Waals surface area (Å²) in [5.41, 5.74) is 2.67. The van der Waals surface area contributed by atoms with Crippen LogP contribution in [0.4, 0.5) is 0 Å². The van der Waals surface area contributed by atoms with Crippen molar-refractivity contribution in [1.82, 2.24) is 10.2 Å². The van der Waals surface area contributed by atoms with Gasteiger partial charge in [0.05, 0.1) is 5.71 Å². The number of nitrogens with zero attached hydrogens (tertiary/aromatic N) is 2. The highest BCUT2D eigenvalue weighted by atomic mass is 16.7. The molecule has 2 aromatic rings. The second-order valence-electron chi connectivity index (χ2n) is 10.5. The number of piperidine rings is 1. The Labute approximate surface area is 208 Å². The zero-order valence-electron chi connectivity index (χ0n) is 21.1. The predicted molar refractivity (Wildman–Crippen MR) is 138 cm³/mol. The largest absolute Gasteiger partial charge is 0.379 e.